The van der Waals surface area contributed by atoms with E-state index in [1.807, 2.05) is 50.5 Å². The lowest BCUT2D eigenvalue weighted by atomic mass is 10.2. The van der Waals surface area contributed by atoms with Gasteiger partial charge >= 0.3 is 6.03 Å². The number of aryl methyl sites for hydroxylation is 1. The fourth-order valence-electron chi connectivity index (χ4n) is 2.17. The number of carbonyl (C=O) groups excluding carboxylic acids is 1. The quantitative estimate of drug-likeness (QED) is 0.746. The van der Waals surface area contributed by atoms with Gasteiger partial charge in [-0.05, 0) is 6.92 Å². The molecule has 2 aromatic heterocycles. The van der Waals surface area contributed by atoms with Gasteiger partial charge < -0.3 is 10.6 Å². The first-order chi connectivity index (χ1) is 11.6. The van der Waals surface area contributed by atoms with Crippen LogP contribution in [0.2, 0.25) is 0 Å². The second kappa shape index (κ2) is 7.22. The average Bonchev–Trinajstić information content (AvgIpc) is 3.23. The van der Waals surface area contributed by atoms with E-state index in [9.17, 15) is 4.79 Å². The maximum Gasteiger partial charge on any atom is 0.315 e. The van der Waals surface area contributed by atoms with Crippen molar-refractivity contribution in [2.75, 3.05) is 0 Å². The first kappa shape index (κ1) is 16.1. The van der Waals surface area contributed by atoms with E-state index in [-0.39, 0.29) is 12.1 Å². The van der Waals surface area contributed by atoms with Gasteiger partial charge in [-0.3, -0.25) is 4.68 Å². The van der Waals surface area contributed by atoms with Crippen LogP contribution >= 0.6 is 11.3 Å². The Bertz CT molecular complexity index is 813. The molecule has 24 heavy (non-hydrogen) atoms. The Morgan fingerprint density at radius 2 is 2.08 bits per heavy atom. The molecule has 0 fully saturated rings. The third-order valence-corrected chi connectivity index (χ3v) is 4.43. The number of amides is 2. The number of aromatic nitrogens is 4. The molecule has 2 amide bonds. The molecule has 0 aliphatic rings. The summed E-state index contributed by atoms with van der Waals surface area (Å²) >= 11 is 1.47. The van der Waals surface area contributed by atoms with Gasteiger partial charge in [0.25, 0.3) is 0 Å². The van der Waals surface area contributed by atoms with Crippen molar-refractivity contribution >= 4 is 17.4 Å². The van der Waals surface area contributed by atoms with Gasteiger partial charge in [-0.15, -0.1) is 10.2 Å². The van der Waals surface area contributed by atoms with Crippen molar-refractivity contribution in [1.82, 2.24) is 30.6 Å². The summed E-state index contributed by atoms with van der Waals surface area (Å²) in [6.45, 7) is 2.26. The van der Waals surface area contributed by atoms with Crippen LogP contribution < -0.4 is 10.6 Å². The van der Waals surface area contributed by atoms with Crippen LogP contribution in [0.1, 0.15) is 23.5 Å². The maximum absolute atomic E-state index is 12.0. The average molecular weight is 342 g/mol. The Labute approximate surface area is 143 Å². The summed E-state index contributed by atoms with van der Waals surface area (Å²) in [6.07, 6.45) is 3.61. The molecule has 1 aromatic carbocycles. The van der Waals surface area contributed by atoms with E-state index in [0.29, 0.717) is 6.54 Å². The van der Waals surface area contributed by atoms with Crippen LogP contribution in [-0.2, 0) is 13.6 Å². The third-order valence-electron chi connectivity index (χ3n) is 3.46. The summed E-state index contributed by atoms with van der Waals surface area (Å²) in [5.41, 5.74) is 1.98. The SMILES string of the molecule is C[C@@H](NC(=O)NCc1nnc(-c2ccccc2)s1)c1cnn(C)c1. The second-order valence-electron chi connectivity index (χ2n) is 5.36. The van der Waals surface area contributed by atoms with Crippen molar-refractivity contribution in [2.45, 2.75) is 19.5 Å². The predicted octanol–water partition coefficient (Wildman–Crippen LogP) is 2.50. The molecule has 0 aliphatic heterocycles. The summed E-state index contributed by atoms with van der Waals surface area (Å²) in [6, 6.07) is 9.49. The van der Waals surface area contributed by atoms with Crippen LogP contribution in [0.3, 0.4) is 0 Å². The topological polar surface area (TPSA) is 84.7 Å². The van der Waals surface area contributed by atoms with Crippen LogP contribution in [0.4, 0.5) is 4.79 Å². The van der Waals surface area contributed by atoms with Gasteiger partial charge in [0.15, 0.2) is 0 Å². The molecular formula is C16H18N6OS. The highest BCUT2D eigenvalue weighted by Crippen LogP contribution is 2.22. The van der Waals surface area contributed by atoms with Gasteiger partial charge in [-0.2, -0.15) is 5.10 Å². The molecular weight excluding hydrogens is 324 g/mol. The molecule has 0 spiro atoms. The highest BCUT2D eigenvalue weighted by atomic mass is 32.1. The van der Waals surface area contributed by atoms with Crippen molar-refractivity contribution < 1.29 is 4.79 Å². The number of nitrogens with zero attached hydrogens (tertiary/aromatic N) is 4. The zero-order chi connectivity index (χ0) is 16.9. The molecule has 1 atom stereocenters. The lowest BCUT2D eigenvalue weighted by Crippen LogP contribution is -2.36. The third kappa shape index (κ3) is 3.96. The van der Waals surface area contributed by atoms with Crippen molar-refractivity contribution in [3.8, 4) is 10.6 Å². The number of carbonyl (C=O) groups is 1. The minimum absolute atomic E-state index is 0.118. The van der Waals surface area contributed by atoms with E-state index >= 15 is 0 Å². The highest BCUT2D eigenvalue weighted by Gasteiger charge is 2.12. The van der Waals surface area contributed by atoms with E-state index in [1.54, 1.807) is 10.9 Å². The van der Waals surface area contributed by atoms with Crippen molar-refractivity contribution in [3.05, 3.63) is 53.3 Å². The predicted molar refractivity (Wildman–Crippen MR) is 92.3 cm³/mol. The van der Waals surface area contributed by atoms with Gasteiger partial charge in [0.05, 0.1) is 18.8 Å². The summed E-state index contributed by atoms with van der Waals surface area (Å²) in [5.74, 6) is 0. The number of hydrogen-bond acceptors (Lipinski definition) is 5. The van der Waals surface area contributed by atoms with Gasteiger partial charge in [-0.25, -0.2) is 4.79 Å². The zero-order valence-corrected chi connectivity index (χ0v) is 14.2. The minimum atomic E-state index is -0.247. The molecule has 2 heterocycles. The number of nitrogens with one attached hydrogen (secondary N) is 2. The Hall–Kier alpha value is -2.74. The molecule has 0 saturated heterocycles. The molecule has 3 rings (SSSR count). The van der Waals surface area contributed by atoms with Crippen molar-refractivity contribution in [1.29, 1.82) is 0 Å². The molecule has 8 heteroatoms. The van der Waals surface area contributed by atoms with Crippen LogP contribution in [-0.4, -0.2) is 26.0 Å². The fraction of sp³-hybridized carbons (Fsp3) is 0.250. The van der Waals surface area contributed by atoms with E-state index < -0.39 is 0 Å². The monoisotopic (exact) mass is 342 g/mol. The second-order valence-corrected chi connectivity index (χ2v) is 6.43. The minimum Gasteiger partial charge on any atom is -0.332 e. The Balaban J connectivity index is 1.52. The highest BCUT2D eigenvalue weighted by molar-refractivity contribution is 7.14. The van der Waals surface area contributed by atoms with E-state index in [2.05, 4.69) is 25.9 Å². The molecule has 0 radical (unpaired) electrons. The molecule has 7 nitrogen and oxygen atoms in total. The van der Waals surface area contributed by atoms with Gasteiger partial charge in [-0.1, -0.05) is 41.7 Å². The number of hydrogen-bond donors (Lipinski definition) is 2. The summed E-state index contributed by atoms with van der Waals surface area (Å²) in [5, 5.41) is 19.7. The largest absolute Gasteiger partial charge is 0.332 e. The first-order valence-electron chi connectivity index (χ1n) is 7.52. The molecule has 0 saturated carbocycles. The van der Waals surface area contributed by atoms with E-state index in [1.165, 1.54) is 11.3 Å². The summed E-state index contributed by atoms with van der Waals surface area (Å²) in [4.78, 5) is 12.0. The lowest BCUT2D eigenvalue weighted by Gasteiger charge is -2.12. The molecule has 3 aromatic rings. The molecule has 2 N–H and O–H groups in total. The standard InChI is InChI=1S/C16H18N6OS/c1-11(13-8-18-22(2)10-13)19-16(23)17-9-14-20-21-15(24-14)12-6-4-3-5-7-12/h3-8,10-11H,9H2,1-2H3,(H2,17,19,23)/t11-/m1/s1. The molecule has 0 unspecified atom stereocenters. The van der Waals surface area contributed by atoms with Crippen LogP contribution in [0, 0.1) is 0 Å². The zero-order valence-electron chi connectivity index (χ0n) is 13.4. The number of rotatable bonds is 5. The summed E-state index contributed by atoms with van der Waals surface area (Å²) < 4.78 is 1.71. The smallest absolute Gasteiger partial charge is 0.315 e. The first-order valence-corrected chi connectivity index (χ1v) is 8.34. The molecule has 0 aliphatic carbocycles. The van der Waals surface area contributed by atoms with Gasteiger partial charge in [0.1, 0.15) is 10.0 Å². The van der Waals surface area contributed by atoms with Crippen LogP contribution in [0.25, 0.3) is 10.6 Å². The maximum atomic E-state index is 12.0. The number of urea groups is 1. The van der Waals surface area contributed by atoms with E-state index in [0.717, 1.165) is 21.1 Å². The van der Waals surface area contributed by atoms with Crippen molar-refractivity contribution in [2.24, 2.45) is 7.05 Å². The molecule has 0 bridgehead atoms. The molecule has 124 valence electrons. The van der Waals surface area contributed by atoms with Gasteiger partial charge in [0, 0.05) is 24.4 Å². The summed E-state index contributed by atoms with van der Waals surface area (Å²) in [7, 11) is 1.84. The normalized spacial score (nSPS) is 11.9. The van der Waals surface area contributed by atoms with Gasteiger partial charge in [0.2, 0.25) is 0 Å². The van der Waals surface area contributed by atoms with Crippen LogP contribution in [0.5, 0.6) is 0 Å². The number of benzene rings is 1. The van der Waals surface area contributed by atoms with Crippen LogP contribution in [0.15, 0.2) is 42.7 Å². The lowest BCUT2D eigenvalue weighted by molar-refractivity contribution is 0.237. The Kier molecular flexibility index (Phi) is 4.85. The van der Waals surface area contributed by atoms with E-state index in [4.69, 9.17) is 0 Å². The fourth-order valence-corrected chi connectivity index (χ4v) is 2.96. The Morgan fingerprint density at radius 3 is 2.79 bits per heavy atom. The Morgan fingerprint density at radius 1 is 1.29 bits per heavy atom. The van der Waals surface area contributed by atoms with Crippen molar-refractivity contribution in [3.63, 3.8) is 0 Å².